The van der Waals surface area contributed by atoms with Gasteiger partial charge in [-0.3, -0.25) is 0 Å². The Kier molecular flexibility index (Phi) is 2.00. The normalized spacial score (nSPS) is 26.4. The SMILES string of the molecule is Cn1cc(C2(CO)CC2(C)C)c2ccccc21. The smallest absolute Gasteiger partial charge is 0.0534 e. The van der Waals surface area contributed by atoms with Gasteiger partial charge in [0, 0.05) is 29.6 Å². The zero-order valence-electron chi connectivity index (χ0n) is 10.7. The van der Waals surface area contributed by atoms with Gasteiger partial charge >= 0.3 is 0 Å². The first-order valence-corrected chi connectivity index (χ1v) is 6.17. The predicted octanol–water partition coefficient (Wildman–Crippen LogP) is 2.84. The summed E-state index contributed by atoms with van der Waals surface area (Å²) < 4.78 is 2.16. The van der Waals surface area contributed by atoms with Crippen molar-refractivity contribution in [2.45, 2.75) is 25.7 Å². The van der Waals surface area contributed by atoms with Crippen molar-refractivity contribution >= 4 is 10.9 Å². The van der Waals surface area contributed by atoms with Gasteiger partial charge < -0.3 is 9.67 Å². The van der Waals surface area contributed by atoms with Crippen LogP contribution < -0.4 is 0 Å². The first kappa shape index (κ1) is 10.8. The van der Waals surface area contributed by atoms with Crippen molar-refractivity contribution in [1.82, 2.24) is 4.57 Å². The van der Waals surface area contributed by atoms with E-state index in [2.05, 4.69) is 55.9 Å². The van der Waals surface area contributed by atoms with Gasteiger partial charge in [0.1, 0.15) is 0 Å². The number of aliphatic hydroxyl groups excluding tert-OH is 1. The first-order valence-electron chi connectivity index (χ1n) is 6.17. The maximum absolute atomic E-state index is 9.81. The minimum Gasteiger partial charge on any atom is -0.395 e. The molecule has 90 valence electrons. The molecule has 1 aromatic heterocycles. The maximum Gasteiger partial charge on any atom is 0.0534 e. The third-order valence-corrected chi connectivity index (χ3v) is 4.60. The lowest BCUT2D eigenvalue weighted by Gasteiger charge is -2.17. The highest BCUT2D eigenvalue weighted by molar-refractivity contribution is 5.86. The van der Waals surface area contributed by atoms with Crippen LogP contribution in [0.1, 0.15) is 25.8 Å². The van der Waals surface area contributed by atoms with Crippen molar-refractivity contribution in [2.24, 2.45) is 12.5 Å². The summed E-state index contributed by atoms with van der Waals surface area (Å²) in [6, 6.07) is 8.44. The number of aromatic nitrogens is 1. The highest BCUT2D eigenvalue weighted by Gasteiger charge is 2.62. The van der Waals surface area contributed by atoms with E-state index in [-0.39, 0.29) is 17.4 Å². The van der Waals surface area contributed by atoms with Crippen LogP contribution in [-0.2, 0) is 12.5 Å². The lowest BCUT2D eigenvalue weighted by molar-refractivity contribution is 0.232. The van der Waals surface area contributed by atoms with Gasteiger partial charge in [-0.25, -0.2) is 0 Å². The number of aryl methyl sites for hydroxylation is 1. The molecule has 1 saturated carbocycles. The summed E-state index contributed by atoms with van der Waals surface area (Å²) in [6.07, 6.45) is 3.26. The highest BCUT2D eigenvalue weighted by Crippen LogP contribution is 2.65. The monoisotopic (exact) mass is 229 g/mol. The molecule has 1 atom stereocenters. The van der Waals surface area contributed by atoms with Crippen LogP contribution in [0.3, 0.4) is 0 Å². The minimum atomic E-state index is -0.0339. The molecule has 2 aromatic rings. The number of para-hydroxylation sites is 1. The topological polar surface area (TPSA) is 25.2 Å². The van der Waals surface area contributed by atoms with Gasteiger partial charge in [0.15, 0.2) is 0 Å². The Morgan fingerprint density at radius 2 is 1.94 bits per heavy atom. The highest BCUT2D eigenvalue weighted by atomic mass is 16.3. The number of rotatable bonds is 2. The molecule has 1 heterocycles. The molecule has 1 aromatic carbocycles. The fourth-order valence-electron chi connectivity index (χ4n) is 3.25. The van der Waals surface area contributed by atoms with E-state index in [0.717, 1.165) is 6.42 Å². The maximum atomic E-state index is 9.81. The van der Waals surface area contributed by atoms with E-state index in [1.807, 2.05) is 0 Å². The summed E-state index contributed by atoms with van der Waals surface area (Å²) in [4.78, 5) is 0. The zero-order chi connectivity index (χ0) is 12.3. The molecular formula is C15H19NO. The quantitative estimate of drug-likeness (QED) is 0.841. The second-order valence-corrected chi connectivity index (χ2v) is 5.97. The summed E-state index contributed by atoms with van der Waals surface area (Å²) in [7, 11) is 2.08. The van der Waals surface area contributed by atoms with Gasteiger partial charge in [0.2, 0.25) is 0 Å². The van der Waals surface area contributed by atoms with Gasteiger partial charge in [-0.05, 0) is 23.5 Å². The summed E-state index contributed by atoms with van der Waals surface area (Å²) in [6.45, 7) is 4.73. The van der Waals surface area contributed by atoms with Crippen LogP contribution in [0.5, 0.6) is 0 Å². The molecule has 1 aliphatic rings. The Morgan fingerprint density at radius 3 is 2.53 bits per heavy atom. The fraction of sp³-hybridized carbons (Fsp3) is 0.467. The number of hydrogen-bond acceptors (Lipinski definition) is 1. The minimum absolute atomic E-state index is 0.0339. The van der Waals surface area contributed by atoms with Gasteiger partial charge in [0.05, 0.1) is 6.61 Å². The number of nitrogens with zero attached hydrogens (tertiary/aromatic N) is 1. The van der Waals surface area contributed by atoms with Crippen molar-refractivity contribution < 1.29 is 5.11 Å². The standard InChI is InChI=1S/C15H19NO/c1-14(2)9-15(14,10-17)12-8-16(3)13-7-5-4-6-11(12)13/h4-8,17H,9-10H2,1-3H3. The lowest BCUT2D eigenvalue weighted by atomic mass is 9.88. The van der Waals surface area contributed by atoms with E-state index < -0.39 is 0 Å². The Bertz CT molecular complexity index is 582. The zero-order valence-corrected chi connectivity index (χ0v) is 10.7. The molecule has 2 nitrogen and oxygen atoms in total. The van der Waals surface area contributed by atoms with Crippen LogP contribution in [0.4, 0.5) is 0 Å². The molecular weight excluding hydrogens is 210 g/mol. The molecule has 2 heteroatoms. The van der Waals surface area contributed by atoms with Crippen molar-refractivity contribution in [2.75, 3.05) is 6.61 Å². The summed E-state index contributed by atoms with van der Waals surface area (Å²) >= 11 is 0. The van der Waals surface area contributed by atoms with E-state index in [0.29, 0.717) is 0 Å². The van der Waals surface area contributed by atoms with Crippen molar-refractivity contribution in [3.63, 3.8) is 0 Å². The largest absolute Gasteiger partial charge is 0.395 e. The van der Waals surface area contributed by atoms with Crippen LogP contribution in [0.2, 0.25) is 0 Å². The first-order chi connectivity index (χ1) is 8.02. The molecule has 0 radical (unpaired) electrons. The molecule has 0 aliphatic heterocycles. The molecule has 0 saturated heterocycles. The molecule has 0 bridgehead atoms. The van der Waals surface area contributed by atoms with Gasteiger partial charge in [-0.15, -0.1) is 0 Å². The predicted molar refractivity (Wildman–Crippen MR) is 70.1 cm³/mol. The summed E-state index contributed by atoms with van der Waals surface area (Å²) in [5.74, 6) is 0. The van der Waals surface area contributed by atoms with E-state index in [1.54, 1.807) is 0 Å². The molecule has 17 heavy (non-hydrogen) atoms. The van der Waals surface area contributed by atoms with Crippen LogP contribution >= 0.6 is 0 Å². The van der Waals surface area contributed by atoms with Crippen LogP contribution in [0.15, 0.2) is 30.5 Å². The summed E-state index contributed by atoms with van der Waals surface area (Å²) in [5, 5.41) is 11.1. The average molecular weight is 229 g/mol. The molecule has 3 rings (SSSR count). The van der Waals surface area contributed by atoms with Gasteiger partial charge in [-0.2, -0.15) is 0 Å². The lowest BCUT2D eigenvalue weighted by Crippen LogP contribution is -2.18. The van der Waals surface area contributed by atoms with E-state index in [1.165, 1.54) is 16.5 Å². The van der Waals surface area contributed by atoms with Crippen molar-refractivity contribution in [1.29, 1.82) is 0 Å². The molecule has 1 N–H and O–H groups in total. The molecule has 0 amide bonds. The van der Waals surface area contributed by atoms with Gasteiger partial charge in [0.25, 0.3) is 0 Å². The van der Waals surface area contributed by atoms with Gasteiger partial charge in [-0.1, -0.05) is 32.0 Å². The van der Waals surface area contributed by atoms with Crippen molar-refractivity contribution in [3.05, 3.63) is 36.0 Å². The molecule has 0 spiro atoms. The number of benzene rings is 1. The molecule has 1 aliphatic carbocycles. The Labute approximate surface area is 102 Å². The Morgan fingerprint density at radius 1 is 1.29 bits per heavy atom. The van der Waals surface area contributed by atoms with Crippen molar-refractivity contribution in [3.8, 4) is 0 Å². The third-order valence-electron chi connectivity index (χ3n) is 4.60. The summed E-state index contributed by atoms with van der Waals surface area (Å²) in [5.41, 5.74) is 2.74. The number of hydrogen-bond donors (Lipinski definition) is 1. The average Bonchev–Trinajstić information content (AvgIpc) is 2.72. The Balaban J connectivity index is 2.26. The Hall–Kier alpha value is -1.28. The van der Waals surface area contributed by atoms with Crippen LogP contribution in [0, 0.1) is 5.41 Å². The van der Waals surface area contributed by atoms with E-state index in [4.69, 9.17) is 0 Å². The second kappa shape index (κ2) is 3.14. The van der Waals surface area contributed by atoms with Crippen LogP contribution in [-0.4, -0.2) is 16.3 Å². The van der Waals surface area contributed by atoms with Crippen LogP contribution in [0.25, 0.3) is 10.9 Å². The number of fused-ring (bicyclic) bond motifs is 1. The van der Waals surface area contributed by atoms with E-state index >= 15 is 0 Å². The fourth-order valence-corrected chi connectivity index (χ4v) is 3.25. The number of aliphatic hydroxyl groups is 1. The third kappa shape index (κ3) is 1.25. The van der Waals surface area contributed by atoms with E-state index in [9.17, 15) is 5.11 Å². The molecule has 1 fully saturated rings. The second-order valence-electron chi connectivity index (χ2n) is 5.97. The molecule has 1 unspecified atom stereocenters.